The quantitative estimate of drug-likeness (QED) is 0.390. The largest absolute Gasteiger partial charge is 0.351 e. The van der Waals surface area contributed by atoms with E-state index in [9.17, 15) is 4.79 Å². The Labute approximate surface area is 183 Å². The van der Waals surface area contributed by atoms with E-state index in [1.165, 1.54) is 37.0 Å². The number of thiazole rings is 1. The molecule has 1 aliphatic rings. The summed E-state index contributed by atoms with van der Waals surface area (Å²) in [5.41, 5.74) is 0.793. The Balaban J connectivity index is 1.33. The standard InChI is InChI=1S/C20H25N5OS3/c1-13-17(29-19(22-13)15-9-6-12-28-15)18(26)21-11-5-10-16-23-24-20(27-2)25(16)14-7-3-4-8-14/h6,9,12,14H,3-5,7-8,10-11H2,1-2H3,(H,21,26). The van der Waals surface area contributed by atoms with Crippen molar-refractivity contribution in [3.63, 3.8) is 0 Å². The topological polar surface area (TPSA) is 72.7 Å². The lowest BCUT2D eigenvalue weighted by atomic mass is 10.2. The Hall–Kier alpha value is -1.71. The molecule has 29 heavy (non-hydrogen) atoms. The van der Waals surface area contributed by atoms with E-state index in [0.717, 1.165) is 39.4 Å². The fourth-order valence-corrected chi connectivity index (χ4v) is 6.14. The van der Waals surface area contributed by atoms with Crippen LogP contribution in [0, 0.1) is 6.92 Å². The van der Waals surface area contributed by atoms with Gasteiger partial charge in [0.05, 0.1) is 10.6 Å². The van der Waals surface area contributed by atoms with Gasteiger partial charge < -0.3 is 9.88 Å². The second kappa shape index (κ2) is 9.40. The minimum Gasteiger partial charge on any atom is -0.351 e. The van der Waals surface area contributed by atoms with Gasteiger partial charge in [-0.15, -0.1) is 32.9 Å². The van der Waals surface area contributed by atoms with Crippen molar-refractivity contribution in [3.05, 3.63) is 33.9 Å². The number of rotatable bonds is 8. The molecular formula is C20H25N5OS3. The minimum absolute atomic E-state index is 0.0372. The van der Waals surface area contributed by atoms with Crippen LogP contribution in [0.25, 0.3) is 9.88 Å². The Morgan fingerprint density at radius 1 is 1.34 bits per heavy atom. The zero-order chi connectivity index (χ0) is 20.2. The molecule has 1 saturated carbocycles. The number of nitrogens with one attached hydrogen (secondary N) is 1. The molecule has 0 aromatic carbocycles. The molecular weight excluding hydrogens is 422 g/mol. The van der Waals surface area contributed by atoms with E-state index in [4.69, 9.17) is 0 Å². The molecule has 4 rings (SSSR count). The van der Waals surface area contributed by atoms with Gasteiger partial charge in [-0.2, -0.15) is 0 Å². The molecule has 3 aromatic rings. The maximum absolute atomic E-state index is 12.6. The van der Waals surface area contributed by atoms with Crippen molar-refractivity contribution >= 4 is 40.3 Å². The van der Waals surface area contributed by atoms with Crippen LogP contribution in [-0.4, -0.2) is 38.5 Å². The molecule has 0 radical (unpaired) electrons. The van der Waals surface area contributed by atoms with Crippen molar-refractivity contribution in [1.29, 1.82) is 0 Å². The molecule has 1 amide bonds. The van der Waals surface area contributed by atoms with E-state index >= 15 is 0 Å². The van der Waals surface area contributed by atoms with Gasteiger partial charge in [0.25, 0.3) is 5.91 Å². The number of nitrogens with zero attached hydrogens (tertiary/aromatic N) is 4. The van der Waals surface area contributed by atoms with Gasteiger partial charge >= 0.3 is 0 Å². The number of thioether (sulfide) groups is 1. The molecule has 9 heteroatoms. The summed E-state index contributed by atoms with van der Waals surface area (Å²) in [6.07, 6.45) is 8.73. The van der Waals surface area contributed by atoms with Crippen LogP contribution in [0.5, 0.6) is 0 Å². The molecule has 0 bridgehead atoms. The third kappa shape index (κ3) is 4.57. The number of carbonyl (C=O) groups is 1. The molecule has 3 aromatic heterocycles. The SMILES string of the molecule is CSc1nnc(CCCNC(=O)c2sc(-c3cccs3)nc2C)n1C1CCCC1. The van der Waals surface area contributed by atoms with E-state index in [1.807, 2.05) is 24.4 Å². The second-order valence-corrected chi connectivity index (χ2v) is 9.90. The van der Waals surface area contributed by atoms with Gasteiger partial charge in [-0.1, -0.05) is 30.7 Å². The Morgan fingerprint density at radius 3 is 2.90 bits per heavy atom. The number of hydrogen-bond acceptors (Lipinski definition) is 7. The molecule has 0 unspecified atom stereocenters. The van der Waals surface area contributed by atoms with Crippen molar-refractivity contribution in [2.24, 2.45) is 0 Å². The van der Waals surface area contributed by atoms with Crippen molar-refractivity contribution in [2.45, 2.75) is 56.6 Å². The maximum Gasteiger partial charge on any atom is 0.263 e. The summed E-state index contributed by atoms with van der Waals surface area (Å²) in [5.74, 6) is 1.01. The first-order chi connectivity index (χ1) is 14.2. The maximum atomic E-state index is 12.6. The van der Waals surface area contributed by atoms with Crippen LogP contribution in [0.1, 0.15) is 59.3 Å². The van der Waals surface area contributed by atoms with Gasteiger partial charge in [-0.3, -0.25) is 4.79 Å². The summed E-state index contributed by atoms with van der Waals surface area (Å²) in [6.45, 7) is 2.52. The van der Waals surface area contributed by atoms with E-state index in [-0.39, 0.29) is 5.91 Å². The highest BCUT2D eigenvalue weighted by Gasteiger charge is 2.23. The molecule has 1 N–H and O–H groups in total. The Kier molecular flexibility index (Phi) is 6.67. The summed E-state index contributed by atoms with van der Waals surface area (Å²) in [7, 11) is 0. The van der Waals surface area contributed by atoms with Crippen molar-refractivity contribution in [3.8, 4) is 9.88 Å². The van der Waals surface area contributed by atoms with Crippen molar-refractivity contribution in [2.75, 3.05) is 12.8 Å². The normalized spacial score (nSPS) is 14.6. The number of hydrogen-bond donors (Lipinski definition) is 1. The summed E-state index contributed by atoms with van der Waals surface area (Å²) < 4.78 is 2.33. The van der Waals surface area contributed by atoms with Crippen molar-refractivity contribution < 1.29 is 4.79 Å². The lowest BCUT2D eigenvalue weighted by molar-refractivity contribution is 0.0956. The van der Waals surface area contributed by atoms with Gasteiger partial charge in [-0.05, 0) is 43.9 Å². The number of carbonyl (C=O) groups excluding carboxylic acids is 1. The van der Waals surface area contributed by atoms with E-state index < -0.39 is 0 Å². The summed E-state index contributed by atoms with van der Waals surface area (Å²) in [5, 5.41) is 15.8. The van der Waals surface area contributed by atoms with Crippen molar-refractivity contribution in [1.82, 2.24) is 25.1 Å². The number of aromatic nitrogens is 4. The minimum atomic E-state index is -0.0372. The van der Waals surface area contributed by atoms with E-state index in [0.29, 0.717) is 17.5 Å². The lowest BCUT2D eigenvalue weighted by Crippen LogP contribution is -2.25. The van der Waals surface area contributed by atoms with Crippen LogP contribution in [0.3, 0.4) is 0 Å². The molecule has 1 aliphatic carbocycles. The molecule has 0 atom stereocenters. The first-order valence-electron chi connectivity index (χ1n) is 9.94. The van der Waals surface area contributed by atoms with Gasteiger partial charge in [0.15, 0.2) is 5.16 Å². The molecule has 0 aliphatic heterocycles. The highest BCUT2D eigenvalue weighted by atomic mass is 32.2. The highest BCUT2D eigenvalue weighted by Crippen LogP contribution is 2.33. The third-order valence-corrected chi connectivity index (χ3v) is 8.04. The number of thiophene rings is 1. The average Bonchev–Trinajstić information content (AvgIpc) is 3.51. The summed E-state index contributed by atoms with van der Waals surface area (Å²) in [4.78, 5) is 19.0. The number of aryl methyl sites for hydroxylation is 2. The van der Waals surface area contributed by atoms with Gasteiger partial charge in [0, 0.05) is 19.0 Å². The monoisotopic (exact) mass is 447 g/mol. The zero-order valence-corrected chi connectivity index (χ0v) is 19.1. The first kappa shape index (κ1) is 20.6. The van der Waals surface area contributed by atoms with Crippen LogP contribution in [0.15, 0.2) is 22.7 Å². The van der Waals surface area contributed by atoms with E-state index in [1.54, 1.807) is 23.1 Å². The molecule has 0 spiro atoms. The molecule has 154 valence electrons. The third-order valence-electron chi connectivity index (χ3n) is 5.21. The van der Waals surface area contributed by atoms with Gasteiger partial charge in [-0.25, -0.2) is 4.98 Å². The first-order valence-corrected chi connectivity index (χ1v) is 12.9. The van der Waals surface area contributed by atoms with Crippen LogP contribution in [-0.2, 0) is 6.42 Å². The van der Waals surface area contributed by atoms with Crippen LogP contribution < -0.4 is 5.32 Å². The Bertz CT molecular complexity index is 957. The predicted molar refractivity (Wildman–Crippen MR) is 120 cm³/mol. The second-order valence-electron chi connectivity index (χ2n) is 7.18. The fraction of sp³-hybridized carbons (Fsp3) is 0.500. The Morgan fingerprint density at radius 2 is 2.17 bits per heavy atom. The van der Waals surface area contributed by atoms with Gasteiger partial charge in [0.1, 0.15) is 15.7 Å². The molecule has 3 heterocycles. The highest BCUT2D eigenvalue weighted by molar-refractivity contribution is 7.98. The van der Waals surface area contributed by atoms with Crippen LogP contribution >= 0.6 is 34.4 Å². The molecule has 0 saturated heterocycles. The average molecular weight is 448 g/mol. The summed E-state index contributed by atoms with van der Waals surface area (Å²) in [6, 6.07) is 4.57. The number of amides is 1. The molecule has 1 fully saturated rings. The zero-order valence-electron chi connectivity index (χ0n) is 16.7. The molecule has 6 nitrogen and oxygen atoms in total. The summed E-state index contributed by atoms with van der Waals surface area (Å²) >= 11 is 4.77. The van der Waals surface area contributed by atoms with Gasteiger partial charge in [0.2, 0.25) is 0 Å². The fourth-order valence-electron chi connectivity index (χ4n) is 3.79. The lowest BCUT2D eigenvalue weighted by Gasteiger charge is -2.16. The predicted octanol–water partition coefficient (Wildman–Crippen LogP) is 4.97. The van der Waals surface area contributed by atoms with Crippen LogP contribution in [0.2, 0.25) is 0 Å². The van der Waals surface area contributed by atoms with Crippen LogP contribution in [0.4, 0.5) is 0 Å². The smallest absolute Gasteiger partial charge is 0.263 e. The van der Waals surface area contributed by atoms with E-state index in [2.05, 4.69) is 31.3 Å².